The van der Waals surface area contributed by atoms with E-state index < -0.39 is 0 Å². The highest BCUT2D eigenvalue weighted by Gasteiger charge is 2.21. The molecule has 0 amide bonds. The summed E-state index contributed by atoms with van der Waals surface area (Å²) in [4.78, 5) is 0. The number of hydrogen-bond acceptors (Lipinski definition) is 4. The van der Waals surface area contributed by atoms with E-state index in [2.05, 4.69) is 54.6 Å². The highest BCUT2D eigenvalue weighted by molar-refractivity contribution is 7.98. The number of benzene rings is 2. The standard InChI is InChI=1S/C23H28ClN3OS/c1-15(2)18-10-12-20(13-11-18)28-17(5)22-25-26-23(27(22)16(3)4)29-14-19-8-6-7-9-21(19)24/h6-13,15-17H,14H2,1-5H3. The monoisotopic (exact) mass is 429 g/mol. The fourth-order valence-electron chi connectivity index (χ4n) is 3.10. The van der Waals surface area contributed by atoms with Crippen LogP contribution in [0.3, 0.4) is 0 Å². The van der Waals surface area contributed by atoms with Crippen LogP contribution in [0.5, 0.6) is 5.75 Å². The highest BCUT2D eigenvalue weighted by Crippen LogP contribution is 2.31. The summed E-state index contributed by atoms with van der Waals surface area (Å²) in [6, 6.07) is 16.4. The van der Waals surface area contributed by atoms with Gasteiger partial charge < -0.3 is 9.30 Å². The van der Waals surface area contributed by atoms with E-state index in [1.807, 2.05) is 43.3 Å². The second-order valence-electron chi connectivity index (χ2n) is 7.67. The zero-order valence-corrected chi connectivity index (χ0v) is 19.2. The van der Waals surface area contributed by atoms with Crippen LogP contribution in [0.15, 0.2) is 53.7 Å². The Morgan fingerprint density at radius 3 is 2.28 bits per heavy atom. The SMILES string of the molecule is CC(C)c1ccc(OC(C)c2nnc(SCc3ccccc3Cl)n2C(C)C)cc1. The van der Waals surface area contributed by atoms with Crippen LogP contribution >= 0.6 is 23.4 Å². The lowest BCUT2D eigenvalue weighted by molar-refractivity contribution is 0.207. The predicted octanol–water partition coefficient (Wildman–Crippen LogP) is 7.07. The molecule has 0 aliphatic carbocycles. The third kappa shape index (κ3) is 5.34. The van der Waals surface area contributed by atoms with Crippen LogP contribution in [-0.4, -0.2) is 14.8 Å². The largest absolute Gasteiger partial charge is 0.483 e. The molecule has 0 saturated heterocycles. The Balaban J connectivity index is 1.75. The normalized spacial score (nSPS) is 12.6. The first-order valence-electron chi connectivity index (χ1n) is 9.94. The van der Waals surface area contributed by atoms with E-state index >= 15 is 0 Å². The number of rotatable bonds is 8. The zero-order chi connectivity index (χ0) is 21.0. The van der Waals surface area contributed by atoms with Crippen molar-refractivity contribution in [3.8, 4) is 5.75 Å². The summed E-state index contributed by atoms with van der Waals surface area (Å²) in [6.07, 6.45) is -0.204. The highest BCUT2D eigenvalue weighted by atomic mass is 35.5. The summed E-state index contributed by atoms with van der Waals surface area (Å²) in [6.45, 7) is 10.7. The van der Waals surface area contributed by atoms with Gasteiger partial charge in [-0.1, -0.05) is 67.5 Å². The smallest absolute Gasteiger partial charge is 0.191 e. The number of hydrogen-bond donors (Lipinski definition) is 0. The molecule has 0 N–H and O–H groups in total. The molecule has 0 aliphatic rings. The second-order valence-corrected chi connectivity index (χ2v) is 9.02. The molecule has 0 spiro atoms. The molecule has 0 saturated carbocycles. The predicted molar refractivity (Wildman–Crippen MR) is 121 cm³/mol. The van der Waals surface area contributed by atoms with E-state index in [0.29, 0.717) is 5.92 Å². The quantitative estimate of drug-likeness (QED) is 0.359. The molecule has 0 aliphatic heterocycles. The van der Waals surface area contributed by atoms with Gasteiger partial charge in [0.1, 0.15) is 5.75 Å². The molecule has 1 atom stereocenters. The molecule has 0 bridgehead atoms. The van der Waals surface area contributed by atoms with E-state index in [-0.39, 0.29) is 12.1 Å². The Morgan fingerprint density at radius 2 is 1.66 bits per heavy atom. The van der Waals surface area contributed by atoms with Gasteiger partial charge in [0.05, 0.1) is 0 Å². The number of nitrogens with zero attached hydrogens (tertiary/aromatic N) is 3. The van der Waals surface area contributed by atoms with Crippen molar-refractivity contribution in [2.75, 3.05) is 0 Å². The van der Waals surface area contributed by atoms with Gasteiger partial charge in [0.2, 0.25) is 0 Å². The molecule has 0 fully saturated rings. The van der Waals surface area contributed by atoms with Crippen LogP contribution in [0, 0.1) is 0 Å². The summed E-state index contributed by atoms with van der Waals surface area (Å²) in [5.74, 6) is 2.92. The second kappa shape index (κ2) is 9.68. The first-order valence-corrected chi connectivity index (χ1v) is 11.3. The lowest BCUT2D eigenvalue weighted by Gasteiger charge is -2.19. The topological polar surface area (TPSA) is 39.9 Å². The molecular weight excluding hydrogens is 402 g/mol. The Bertz CT molecular complexity index is 938. The van der Waals surface area contributed by atoms with Crippen molar-refractivity contribution in [3.05, 3.63) is 70.5 Å². The number of aromatic nitrogens is 3. The molecule has 154 valence electrons. The van der Waals surface area contributed by atoms with Crippen molar-refractivity contribution in [3.63, 3.8) is 0 Å². The van der Waals surface area contributed by atoms with Crippen LogP contribution < -0.4 is 4.74 Å². The van der Waals surface area contributed by atoms with Crippen molar-refractivity contribution in [2.24, 2.45) is 0 Å². The van der Waals surface area contributed by atoms with Crippen LogP contribution in [0.4, 0.5) is 0 Å². The molecule has 3 aromatic rings. The van der Waals surface area contributed by atoms with Crippen molar-refractivity contribution < 1.29 is 4.74 Å². The lowest BCUT2D eigenvalue weighted by atomic mass is 10.0. The van der Waals surface area contributed by atoms with Gasteiger partial charge in [0, 0.05) is 16.8 Å². The Labute approximate surface area is 182 Å². The molecule has 0 radical (unpaired) electrons. The van der Waals surface area contributed by atoms with Crippen molar-refractivity contribution in [1.29, 1.82) is 0 Å². The lowest BCUT2D eigenvalue weighted by Crippen LogP contribution is -2.14. The first-order chi connectivity index (χ1) is 13.9. The van der Waals surface area contributed by atoms with Crippen LogP contribution in [-0.2, 0) is 5.75 Å². The maximum Gasteiger partial charge on any atom is 0.191 e. The van der Waals surface area contributed by atoms with Crippen molar-refractivity contribution in [1.82, 2.24) is 14.8 Å². The van der Waals surface area contributed by atoms with Gasteiger partial charge >= 0.3 is 0 Å². The minimum Gasteiger partial charge on any atom is -0.483 e. The molecule has 4 nitrogen and oxygen atoms in total. The van der Waals surface area contributed by atoms with Gasteiger partial charge in [-0.25, -0.2) is 0 Å². The average molecular weight is 430 g/mol. The van der Waals surface area contributed by atoms with Gasteiger partial charge in [0.25, 0.3) is 0 Å². The fraction of sp³-hybridized carbons (Fsp3) is 0.391. The van der Waals surface area contributed by atoms with E-state index in [1.54, 1.807) is 11.8 Å². The van der Waals surface area contributed by atoms with Gasteiger partial charge in [-0.2, -0.15) is 0 Å². The van der Waals surface area contributed by atoms with E-state index in [1.165, 1.54) is 5.56 Å². The molecule has 2 aromatic carbocycles. The van der Waals surface area contributed by atoms with E-state index in [9.17, 15) is 0 Å². The molecular formula is C23H28ClN3OS. The fourth-order valence-corrected chi connectivity index (χ4v) is 4.46. The Kier molecular flexibility index (Phi) is 7.25. The minimum atomic E-state index is -0.204. The van der Waals surface area contributed by atoms with Gasteiger partial charge in [0.15, 0.2) is 17.1 Å². The van der Waals surface area contributed by atoms with Gasteiger partial charge in [-0.15, -0.1) is 10.2 Å². The molecule has 3 rings (SSSR count). The molecule has 1 aromatic heterocycles. The zero-order valence-electron chi connectivity index (χ0n) is 17.6. The third-order valence-electron chi connectivity index (χ3n) is 4.75. The minimum absolute atomic E-state index is 0.204. The molecule has 6 heteroatoms. The summed E-state index contributed by atoms with van der Waals surface area (Å²) in [7, 11) is 0. The van der Waals surface area contributed by atoms with E-state index in [0.717, 1.165) is 33.1 Å². The average Bonchev–Trinajstić information content (AvgIpc) is 3.12. The van der Waals surface area contributed by atoms with Gasteiger partial charge in [-0.3, -0.25) is 0 Å². The third-order valence-corrected chi connectivity index (χ3v) is 6.11. The van der Waals surface area contributed by atoms with Crippen molar-refractivity contribution in [2.45, 2.75) is 63.6 Å². The summed E-state index contributed by atoms with van der Waals surface area (Å²) in [5, 5.41) is 10.5. The van der Waals surface area contributed by atoms with Crippen LogP contribution in [0.25, 0.3) is 0 Å². The van der Waals surface area contributed by atoms with E-state index in [4.69, 9.17) is 16.3 Å². The Hall–Kier alpha value is -1.98. The van der Waals surface area contributed by atoms with Crippen molar-refractivity contribution >= 4 is 23.4 Å². The summed E-state index contributed by atoms with van der Waals surface area (Å²) >= 11 is 7.93. The Morgan fingerprint density at radius 1 is 0.966 bits per heavy atom. The summed E-state index contributed by atoms with van der Waals surface area (Å²) in [5.41, 5.74) is 2.39. The molecule has 1 heterocycles. The number of ether oxygens (including phenoxy) is 1. The van der Waals surface area contributed by atoms with Crippen LogP contribution in [0.1, 0.15) is 69.6 Å². The summed E-state index contributed by atoms with van der Waals surface area (Å²) < 4.78 is 8.31. The van der Waals surface area contributed by atoms with Crippen LogP contribution in [0.2, 0.25) is 5.02 Å². The number of halogens is 1. The molecule has 1 unspecified atom stereocenters. The maximum absolute atomic E-state index is 6.29. The first kappa shape index (κ1) is 21.7. The molecule has 29 heavy (non-hydrogen) atoms. The number of thioether (sulfide) groups is 1. The maximum atomic E-state index is 6.29. The van der Waals surface area contributed by atoms with Gasteiger partial charge in [-0.05, 0) is 56.0 Å².